The summed E-state index contributed by atoms with van der Waals surface area (Å²) in [7, 11) is 0. The predicted molar refractivity (Wildman–Crippen MR) is 168 cm³/mol. The van der Waals surface area contributed by atoms with Crippen molar-refractivity contribution in [2.45, 2.75) is 13.1 Å². The SMILES string of the molecule is NC(=NCc1ccccc1)Nc1ccc(N2CCN(c3ccc(NC(N)=NCc4ccccc4)cc3)CC2)cc1. The molecular weight excluding hydrogens is 496 g/mol. The van der Waals surface area contributed by atoms with Gasteiger partial charge in [-0.2, -0.15) is 0 Å². The summed E-state index contributed by atoms with van der Waals surface area (Å²) in [5.74, 6) is 0.821. The molecule has 5 rings (SSSR count). The average Bonchev–Trinajstić information content (AvgIpc) is 3.01. The monoisotopic (exact) mass is 532 g/mol. The van der Waals surface area contributed by atoms with Gasteiger partial charge >= 0.3 is 0 Å². The molecule has 1 saturated heterocycles. The Hall–Kier alpha value is -4.98. The molecule has 0 unspecified atom stereocenters. The molecule has 1 aliphatic rings. The molecule has 8 heteroatoms. The number of nitrogens with one attached hydrogen (secondary N) is 2. The van der Waals surface area contributed by atoms with Gasteiger partial charge in [-0.1, -0.05) is 60.7 Å². The molecule has 0 amide bonds. The molecular formula is C32H36N8. The van der Waals surface area contributed by atoms with Crippen LogP contribution in [0.5, 0.6) is 0 Å². The van der Waals surface area contributed by atoms with Gasteiger partial charge in [-0.25, -0.2) is 9.98 Å². The van der Waals surface area contributed by atoms with Gasteiger partial charge < -0.3 is 31.9 Å². The number of rotatable bonds is 8. The zero-order valence-corrected chi connectivity index (χ0v) is 22.6. The van der Waals surface area contributed by atoms with E-state index in [0.29, 0.717) is 25.0 Å². The summed E-state index contributed by atoms with van der Waals surface area (Å²) in [6.45, 7) is 4.91. The summed E-state index contributed by atoms with van der Waals surface area (Å²) in [6, 6.07) is 36.9. The van der Waals surface area contributed by atoms with E-state index in [2.05, 4.69) is 54.7 Å². The van der Waals surface area contributed by atoms with E-state index in [1.54, 1.807) is 0 Å². The summed E-state index contributed by atoms with van der Waals surface area (Å²) >= 11 is 0. The fourth-order valence-electron chi connectivity index (χ4n) is 4.63. The lowest BCUT2D eigenvalue weighted by Gasteiger charge is -2.37. The standard InChI is InChI=1S/C32H36N8/c33-31(35-23-25-7-3-1-4-8-25)37-27-11-15-29(16-12-27)39-19-21-40(22-20-39)30-17-13-28(14-18-30)38-32(34)36-24-26-9-5-2-6-10-26/h1-18H,19-24H2,(H3,33,35,37)(H3,34,36,38). The minimum absolute atomic E-state index is 0.411. The molecule has 0 bridgehead atoms. The van der Waals surface area contributed by atoms with Crippen molar-refractivity contribution in [3.63, 3.8) is 0 Å². The molecule has 0 radical (unpaired) electrons. The van der Waals surface area contributed by atoms with Crippen LogP contribution >= 0.6 is 0 Å². The van der Waals surface area contributed by atoms with E-state index in [4.69, 9.17) is 11.5 Å². The second kappa shape index (κ2) is 13.2. The number of nitrogens with zero attached hydrogens (tertiary/aromatic N) is 4. The summed E-state index contributed by atoms with van der Waals surface area (Å²) in [4.78, 5) is 13.7. The number of piperazine rings is 1. The highest BCUT2D eigenvalue weighted by atomic mass is 15.3. The Morgan fingerprint density at radius 3 is 1.23 bits per heavy atom. The van der Waals surface area contributed by atoms with Crippen molar-refractivity contribution in [2.24, 2.45) is 21.5 Å². The summed E-state index contributed by atoms with van der Waals surface area (Å²) in [6.07, 6.45) is 0. The second-order valence-electron chi connectivity index (χ2n) is 9.69. The van der Waals surface area contributed by atoms with Crippen molar-refractivity contribution < 1.29 is 0 Å². The van der Waals surface area contributed by atoms with Crippen molar-refractivity contribution in [3.8, 4) is 0 Å². The van der Waals surface area contributed by atoms with Crippen LogP contribution in [0.25, 0.3) is 0 Å². The van der Waals surface area contributed by atoms with Crippen LogP contribution in [-0.4, -0.2) is 38.1 Å². The average molecular weight is 533 g/mol. The van der Waals surface area contributed by atoms with Gasteiger partial charge in [0.15, 0.2) is 11.9 Å². The third-order valence-corrected chi connectivity index (χ3v) is 6.84. The van der Waals surface area contributed by atoms with Crippen LogP contribution in [0.15, 0.2) is 119 Å². The van der Waals surface area contributed by atoms with Crippen LogP contribution in [0.3, 0.4) is 0 Å². The van der Waals surface area contributed by atoms with Gasteiger partial charge in [0.1, 0.15) is 0 Å². The summed E-state index contributed by atoms with van der Waals surface area (Å²) in [5, 5.41) is 6.36. The number of benzene rings is 4. The second-order valence-corrected chi connectivity index (χ2v) is 9.69. The Bertz CT molecular complexity index is 1280. The van der Waals surface area contributed by atoms with Gasteiger partial charge in [-0.3, -0.25) is 0 Å². The lowest BCUT2D eigenvalue weighted by molar-refractivity contribution is 0.653. The van der Waals surface area contributed by atoms with Crippen molar-refractivity contribution in [3.05, 3.63) is 120 Å². The van der Waals surface area contributed by atoms with Crippen molar-refractivity contribution >= 4 is 34.7 Å². The topological polar surface area (TPSA) is 107 Å². The van der Waals surface area contributed by atoms with E-state index in [1.807, 2.05) is 84.9 Å². The maximum absolute atomic E-state index is 6.08. The Morgan fingerprint density at radius 1 is 0.525 bits per heavy atom. The first-order chi connectivity index (χ1) is 19.6. The first-order valence-electron chi connectivity index (χ1n) is 13.5. The highest BCUT2D eigenvalue weighted by molar-refractivity contribution is 5.93. The maximum Gasteiger partial charge on any atom is 0.193 e. The van der Waals surface area contributed by atoms with Crippen LogP contribution < -0.4 is 31.9 Å². The molecule has 1 fully saturated rings. The highest BCUT2D eigenvalue weighted by Crippen LogP contribution is 2.23. The predicted octanol–water partition coefficient (Wildman–Crippen LogP) is 4.87. The van der Waals surface area contributed by atoms with E-state index >= 15 is 0 Å². The van der Waals surface area contributed by atoms with E-state index in [-0.39, 0.29) is 0 Å². The van der Waals surface area contributed by atoms with Gasteiger partial charge in [0.05, 0.1) is 13.1 Å². The number of hydrogen-bond donors (Lipinski definition) is 4. The molecule has 0 atom stereocenters. The first kappa shape index (κ1) is 26.6. The number of aliphatic imine (C=N–C) groups is 2. The quantitative estimate of drug-likeness (QED) is 0.191. The van der Waals surface area contributed by atoms with Gasteiger partial charge in [-0.15, -0.1) is 0 Å². The molecule has 4 aromatic carbocycles. The molecule has 0 aliphatic carbocycles. The van der Waals surface area contributed by atoms with Gasteiger partial charge in [0.2, 0.25) is 0 Å². The summed E-state index contributed by atoms with van der Waals surface area (Å²) < 4.78 is 0. The van der Waals surface area contributed by atoms with E-state index < -0.39 is 0 Å². The molecule has 204 valence electrons. The Morgan fingerprint density at radius 2 is 0.875 bits per heavy atom. The fraction of sp³-hybridized carbons (Fsp3) is 0.188. The molecule has 4 aromatic rings. The number of guanidine groups is 2. The first-order valence-corrected chi connectivity index (χ1v) is 13.5. The maximum atomic E-state index is 6.08. The minimum atomic E-state index is 0.411. The molecule has 1 heterocycles. The van der Waals surface area contributed by atoms with Crippen molar-refractivity contribution in [1.82, 2.24) is 0 Å². The number of anilines is 4. The summed E-state index contributed by atoms with van der Waals surface area (Å²) in [5.41, 5.74) is 18.7. The zero-order valence-electron chi connectivity index (χ0n) is 22.6. The van der Waals surface area contributed by atoms with E-state index in [0.717, 1.165) is 48.7 Å². The van der Waals surface area contributed by atoms with Gasteiger partial charge in [0.25, 0.3) is 0 Å². The lowest BCUT2D eigenvalue weighted by atomic mass is 10.2. The van der Waals surface area contributed by atoms with Crippen molar-refractivity contribution in [2.75, 3.05) is 46.6 Å². The van der Waals surface area contributed by atoms with E-state index in [9.17, 15) is 0 Å². The van der Waals surface area contributed by atoms with Crippen molar-refractivity contribution in [1.29, 1.82) is 0 Å². The Balaban J connectivity index is 1.08. The van der Waals surface area contributed by atoms with Crippen LogP contribution in [0.2, 0.25) is 0 Å². The fourth-order valence-corrected chi connectivity index (χ4v) is 4.63. The molecule has 0 spiro atoms. The third-order valence-electron chi connectivity index (χ3n) is 6.84. The normalized spacial score (nSPS) is 14.2. The third kappa shape index (κ3) is 7.54. The smallest absolute Gasteiger partial charge is 0.193 e. The largest absolute Gasteiger partial charge is 0.370 e. The number of hydrogen-bond acceptors (Lipinski definition) is 4. The van der Waals surface area contributed by atoms with Crippen LogP contribution in [0.4, 0.5) is 22.7 Å². The minimum Gasteiger partial charge on any atom is -0.370 e. The van der Waals surface area contributed by atoms with Gasteiger partial charge in [-0.05, 0) is 59.7 Å². The Kier molecular flexibility index (Phi) is 8.78. The van der Waals surface area contributed by atoms with Gasteiger partial charge in [0, 0.05) is 48.9 Å². The molecule has 40 heavy (non-hydrogen) atoms. The Labute approximate surface area is 236 Å². The zero-order chi connectivity index (χ0) is 27.6. The van der Waals surface area contributed by atoms with Crippen LogP contribution in [0.1, 0.15) is 11.1 Å². The lowest BCUT2D eigenvalue weighted by Crippen LogP contribution is -2.46. The van der Waals surface area contributed by atoms with E-state index in [1.165, 1.54) is 11.4 Å². The number of nitrogens with two attached hydrogens (primary N) is 2. The molecule has 0 saturated carbocycles. The molecule has 1 aliphatic heterocycles. The van der Waals surface area contributed by atoms with Crippen LogP contribution in [0, 0.1) is 0 Å². The molecule has 0 aromatic heterocycles. The highest BCUT2D eigenvalue weighted by Gasteiger charge is 2.17. The van der Waals surface area contributed by atoms with Crippen LogP contribution in [-0.2, 0) is 13.1 Å². The molecule has 6 N–H and O–H groups in total. The molecule has 8 nitrogen and oxygen atoms in total.